The second-order valence-electron chi connectivity index (χ2n) is 6.80. The molecule has 0 atom stereocenters. The number of anilines is 2. The molecule has 0 aliphatic carbocycles. The Labute approximate surface area is 162 Å². The number of rotatable bonds is 6. The second kappa shape index (κ2) is 7.56. The van der Waals surface area contributed by atoms with Gasteiger partial charge in [0.25, 0.3) is 11.3 Å². The quantitative estimate of drug-likeness (QED) is 0.482. The number of nitrogens with zero attached hydrogens (tertiary/aromatic N) is 3. The van der Waals surface area contributed by atoms with E-state index in [1.807, 2.05) is 31.2 Å². The van der Waals surface area contributed by atoms with Crippen molar-refractivity contribution in [2.45, 2.75) is 26.9 Å². The third-order valence-electron chi connectivity index (χ3n) is 4.57. The van der Waals surface area contributed by atoms with Crippen molar-refractivity contribution < 1.29 is 0 Å². The number of fused-ring (bicyclic) bond motifs is 1. The summed E-state index contributed by atoms with van der Waals surface area (Å²) in [6, 6.07) is 17.8. The average molecular weight is 374 g/mol. The van der Waals surface area contributed by atoms with Crippen LogP contribution in [0.2, 0.25) is 0 Å². The fourth-order valence-corrected chi connectivity index (χ4v) is 2.95. The van der Waals surface area contributed by atoms with E-state index in [0.29, 0.717) is 30.5 Å². The van der Waals surface area contributed by atoms with E-state index in [4.69, 9.17) is 0 Å². The third kappa shape index (κ3) is 3.88. The number of aromatic amines is 1. The molecule has 0 unspecified atom stereocenters. The van der Waals surface area contributed by atoms with Crippen molar-refractivity contribution in [3.63, 3.8) is 0 Å². The number of hydrogen-bond donors (Lipinski definition) is 3. The predicted octanol–water partition coefficient (Wildman–Crippen LogP) is 3.26. The topological polar surface area (TPSA) is 87.1 Å². The average Bonchev–Trinajstić information content (AvgIpc) is 3.11. The first-order chi connectivity index (χ1) is 13.6. The molecular formula is C21H22N6O. The van der Waals surface area contributed by atoms with E-state index in [9.17, 15) is 4.79 Å². The summed E-state index contributed by atoms with van der Waals surface area (Å²) in [5.41, 5.74) is 4.96. The Morgan fingerprint density at radius 3 is 2.54 bits per heavy atom. The summed E-state index contributed by atoms with van der Waals surface area (Å²) in [5, 5.41) is 9.47. The number of hydrogen-bond acceptors (Lipinski definition) is 5. The SMILES string of the molecule is Cc1ccc(CNc2nc3nc(CNc4ccccc4C)cc(=O)n3[nH]2)cc1. The van der Waals surface area contributed by atoms with Gasteiger partial charge in [-0.15, -0.1) is 0 Å². The van der Waals surface area contributed by atoms with E-state index in [1.54, 1.807) is 0 Å². The molecule has 4 aromatic rings. The molecule has 7 heteroatoms. The molecule has 142 valence electrons. The minimum atomic E-state index is -0.192. The van der Waals surface area contributed by atoms with Crippen LogP contribution in [0.5, 0.6) is 0 Å². The van der Waals surface area contributed by atoms with Crippen LogP contribution >= 0.6 is 0 Å². The van der Waals surface area contributed by atoms with Crippen molar-refractivity contribution >= 4 is 17.4 Å². The van der Waals surface area contributed by atoms with Crippen LogP contribution in [0.15, 0.2) is 59.4 Å². The second-order valence-corrected chi connectivity index (χ2v) is 6.80. The number of benzene rings is 2. The van der Waals surface area contributed by atoms with Crippen molar-refractivity contribution in [1.29, 1.82) is 0 Å². The maximum absolute atomic E-state index is 12.4. The summed E-state index contributed by atoms with van der Waals surface area (Å²) in [7, 11) is 0. The van der Waals surface area contributed by atoms with Crippen molar-refractivity contribution in [2.75, 3.05) is 10.6 Å². The highest BCUT2D eigenvalue weighted by molar-refractivity contribution is 5.50. The molecule has 0 amide bonds. The van der Waals surface area contributed by atoms with Crippen molar-refractivity contribution in [1.82, 2.24) is 19.6 Å². The smallest absolute Gasteiger partial charge is 0.274 e. The molecule has 2 aromatic carbocycles. The molecule has 0 fully saturated rings. The molecule has 0 saturated carbocycles. The van der Waals surface area contributed by atoms with Gasteiger partial charge in [-0.2, -0.15) is 9.50 Å². The number of aryl methyl sites for hydroxylation is 2. The van der Waals surface area contributed by atoms with Crippen molar-refractivity contribution in [2.24, 2.45) is 0 Å². The predicted molar refractivity (Wildman–Crippen MR) is 111 cm³/mol. The molecule has 2 heterocycles. The molecule has 3 N–H and O–H groups in total. The van der Waals surface area contributed by atoms with Crippen LogP contribution in [0.4, 0.5) is 11.6 Å². The lowest BCUT2D eigenvalue weighted by Gasteiger charge is -2.08. The largest absolute Gasteiger partial charge is 0.379 e. The fraction of sp³-hybridized carbons (Fsp3) is 0.190. The molecular weight excluding hydrogens is 352 g/mol. The highest BCUT2D eigenvalue weighted by Crippen LogP contribution is 2.14. The molecule has 0 radical (unpaired) electrons. The van der Waals surface area contributed by atoms with Crippen LogP contribution in [-0.4, -0.2) is 19.6 Å². The third-order valence-corrected chi connectivity index (χ3v) is 4.57. The summed E-state index contributed by atoms with van der Waals surface area (Å²) in [4.78, 5) is 21.3. The van der Waals surface area contributed by atoms with Crippen LogP contribution in [0.1, 0.15) is 22.4 Å². The first-order valence-electron chi connectivity index (χ1n) is 9.16. The Morgan fingerprint density at radius 1 is 0.964 bits per heavy atom. The van der Waals surface area contributed by atoms with Gasteiger partial charge in [-0.1, -0.05) is 48.0 Å². The molecule has 0 saturated heterocycles. The van der Waals surface area contributed by atoms with Gasteiger partial charge in [0.2, 0.25) is 5.95 Å². The van der Waals surface area contributed by atoms with Crippen LogP contribution in [0.25, 0.3) is 5.78 Å². The lowest BCUT2D eigenvalue weighted by Crippen LogP contribution is -2.17. The van der Waals surface area contributed by atoms with Gasteiger partial charge in [-0.3, -0.25) is 9.89 Å². The van der Waals surface area contributed by atoms with E-state index < -0.39 is 0 Å². The first-order valence-corrected chi connectivity index (χ1v) is 9.16. The molecule has 0 aliphatic rings. The number of nitrogens with one attached hydrogen (secondary N) is 3. The van der Waals surface area contributed by atoms with E-state index in [0.717, 1.165) is 16.8 Å². The Hall–Kier alpha value is -3.61. The molecule has 0 aliphatic heterocycles. The Balaban J connectivity index is 1.49. The minimum absolute atomic E-state index is 0.192. The zero-order valence-corrected chi connectivity index (χ0v) is 15.9. The van der Waals surface area contributed by atoms with Gasteiger partial charge < -0.3 is 10.6 Å². The lowest BCUT2D eigenvalue weighted by molar-refractivity contribution is 0.874. The van der Waals surface area contributed by atoms with Gasteiger partial charge in [-0.05, 0) is 31.0 Å². The minimum Gasteiger partial charge on any atom is -0.379 e. The van der Waals surface area contributed by atoms with E-state index in [2.05, 4.69) is 56.9 Å². The van der Waals surface area contributed by atoms with Crippen molar-refractivity contribution in [3.05, 3.63) is 87.3 Å². The monoisotopic (exact) mass is 374 g/mol. The van der Waals surface area contributed by atoms with Gasteiger partial charge in [0, 0.05) is 18.3 Å². The highest BCUT2D eigenvalue weighted by atomic mass is 16.1. The van der Waals surface area contributed by atoms with E-state index in [-0.39, 0.29) is 5.56 Å². The van der Waals surface area contributed by atoms with Gasteiger partial charge >= 0.3 is 0 Å². The van der Waals surface area contributed by atoms with Gasteiger partial charge in [0.15, 0.2) is 0 Å². The van der Waals surface area contributed by atoms with Crippen LogP contribution in [0.3, 0.4) is 0 Å². The summed E-state index contributed by atoms with van der Waals surface area (Å²) < 4.78 is 1.34. The van der Waals surface area contributed by atoms with Crippen molar-refractivity contribution in [3.8, 4) is 0 Å². The molecule has 0 spiro atoms. The first kappa shape index (κ1) is 17.8. The molecule has 2 aromatic heterocycles. The highest BCUT2D eigenvalue weighted by Gasteiger charge is 2.08. The van der Waals surface area contributed by atoms with E-state index in [1.165, 1.54) is 16.1 Å². The van der Waals surface area contributed by atoms with Gasteiger partial charge in [0.05, 0.1) is 12.2 Å². The summed E-state index contributed by atoms with van der Waals surface area (Å²) in [6.07, 6.45) is 0. The summed E-state index contributed by atoms with van der Waals surface area (Å²) in [6.45, 7) is 5.15. The zero-order chi connectivity index (χ0) is 19.5. The van der Waals surface area contributed by atoms with Crippen LogP contribution in [-0.2, 0) is 13.1 Å². The summed E-state index contributed by atoms with van der Waals surface area (Å²) in [5.74, 6) is 0.856. The number of para-hydroxylation sites is 1. The van der Waals surface area contributed by atoms with Crippen LogP contribution < -0.4 is 16.2 Å². The molecule has 0 bridgehead atoms. The normalized spacial score (nSPS) is 10.9. The summed E-state index contributed by atoms with van der Waals surface area (Å²) >= 11 is 0. The maximum Gasteiger partial charge on any atom is 0.274 e. The maximum atomic E-state index is 12.4. The standard InChI is InChI=1S/C21H22N6O/c1-14-7-9-16(10-8-14)12-23-20-25-21-24-17(11-19(28)27(21)26-20)13-22-18-6-4-3-5-15(18)2/h3-11,22H,12-13H2,1-2H3,(H2,23,24,25,26). The number of aromatic nitrogens is 4. The Bertz CT molecular complexity index is 1160. The lowest BCUT2D eigenvalue weighted by atomic mass is 10.1. The molecule has 7 nitrogen and oxygen atoms in total. The Kier molecular flexibility index (Phi) is 4.80. The zero-order valence-electron chi connectivity index (χ0n) is 15.9. The molecule has 4 rings (SSSR count). The van der Waals surface area contributed by atoms with Crippen LogP contribution in [0, 0.1) is 13.8 Å². The Morgan fingerprint density at radius 2 is 1.75 bits per heavy atom. The van der Waals surface area contributed by atoms with Gasteiger partial charge in [0.1, 0.15) is 0 Å². The number of H-pyrrole nitrogens is 1. The molecule has 28 heavy (non-hydrogen) atoms. The fourth-order valence-electron chi connectivity index (χ4n) is 2.95. The van der Waals surface area contributed by atoms with E-state index >= 15 is 0 Å². The van der Waals surface area contributed by atoms with Gasteiger partial charge in [-0.25, -0.2) is 4.98 Å².